The molecule has 5 N–H and O–H groups in total. The lowest BCUT2D eigenvalue weighted by molar-refractivity contribution is -0.137. The molecule has 1 atom stereocenters. The van der Waals surface area contributed by atoms with Gasteiger partial charge in [-0.25, -0.2) is 14.4 Å². The average Bonchev–Trinajstić information content (AvgIpc) is 3.90. The SMILES string of the molecule is O=C1CCC(N2Cc3cc(NC(=O)CCNCCOCCOCCNC(=O)C4(Cc5cccc(Nc6nccs6)n5)CCC(Oc5cccc(Cl)c5F)CC4)ccc3C2=O)C(=O)N1. The number of nitrogens with zero attached hydrogens (tertiary/aromatic N) is 3. The molecule has 7 rings (SSSR count). The summed E-state index contributed by atoms with van der Waals surface area (Å²) < 4.78 is 32.0. The van der Waals surface area contributed by atoms with E-state index in [1.54, 1.807) is 36.5 Å². The summed E-state index contributed by atoms with van der Waals surface area (Å²) in [6.45, 7) is 2.89. The van der Waals surface area contributed by atoms with E-state index in [-0.39, 0.29) is 66.3 Å². The van der Waals surface area contributed by atoms with Crippen LogP contribution in [0.1, 0.15) is 66.6 Å². The summed E-state index contributed by atoms with van der Waals surface area (Å²) in [6.07, 6.45) is 4.64. The minimum absolute atomic E-state index is 0.00452. The summed E-state index contributed by atoms with van der Waals surface area (Å²) >= 11 is 7.44. The third kappa shape index (κ3) is 12.1. The molecule has 0 bridgehead atoms. The van der Waals surface area contributed by atoms with Crippen LogP contribution in [0.4, 0.5) is 21.0 Å². The Bertz CT molecular complexity index is 2260. The fraction of sp³-hybridized carbons (Fsp3) is 0.432. The van der Waals surface area contributed by atoms with Gasteiger partial charge in [-0.1, -0.05) is 23.7 Å². The molecule has 63 heavy (non-hydrogen) atoms. The predicted octanol–water partition coefficient (Wildman–Crippen LogP) is 5.15. The molecule has 2 aromatic heterocycles. The van der Waals surface area contributed by atoms with E-state index < -0.39 is 23.2 Å². The van der Waals surface area contributed by atoms with Crippen LogP contribution in [0.15, 0.2) is 66.2 Å². The van der Waals surface area contributed by atoms with Crippen LogP contribution in [0.2, 0.25) is 5.02 Å². The maximum absolute atomic E-state index is 14.6. The largest absolute Gasteiger partial charge is 0.487 e. The van der Waals surface area contributed by atoms with Gasteiger partial charge in [0.25, 0.3) is 5.91 Å². The molecule has 5 amide bonds. The third-order valence-electron chi connectivity index (χ3n) is 11.2. The minimum Gasteiger partial charge on any atom is -0.487 e. The van der Waals surface area contributed by atoms with Crippen molar-refractivity contribution in [2.45, 2.75) is 70.1 Å². The van der Waals surface area contributed by atoms with E-state index in [0.717, 1.165) is 10.8 Å². The number of pyridine rings is 1. The Balaban J connectivity index is 0.778. The highest BCUT2D eigenvalue weighted by Crippen LogP contribution is 2.41. The molecule has 0 radical (unpaired) electrons. The Morgan fingerprint density at radius 3 is 2.54 bits per heavy atom. The van der Waals surface area contributed by atoms with Gasteiger partial charge < -0.3 is 40.4 Å². The quantitative estimate of drug-likeness (QED) is 0.0545. The van der Waals surface area contributed by atoms with Gasteiger partial charge in [-0.3, -0.25) is 29.3 Å². The highest BCUT2D eigenvalue weighted by molar-refractivity contribution is 7.13. The van der Waals surface area contributed by atoms with Crippen molar-refractivity contribution in [3.63, 3.8) is 0 Å². The number of nitrogens with one attached hydrogen (secondary N) is 5. The van der Waals surface area contributed by atoms with Crippen molar-refractivity contribution in [3.8, 4) is 5.75 Å². The van der Waals surface area contributed by atoms with Gasteiger partial charge in [0, 0.05) is 74.0 Å². The Hall–Kier alpha value is -5.53. The van der Waals surface area contributed by atoms with E-state index >= 15 is 0 Å². The second kappa shape index (κ2) is 21.7. The fourth-order valence-electron chi connectivity index (χ4n) is 7.98. The number of hydrogen-bond donors (Lipinski definition) is 5. The van der Waals surface area contributed by atoms with E-state index in [2.05, 4.69) is 31.6 Å². The minimum atomic E-state index is -0.761. The van der Waals surface area contributed by atoms with Gasteiger partial charge in [0.15, 0.2) is 16.7 Å². The number of thiazole rings is 1. The van der Waals surface area contributed by atoms with Crippen molar-refractivity contribution < 1.29 is 42.6 Å². The van der Waals surface area contributed by atoms with Crippen molar-refractivity contribution in [2.75, 3.05) is 56.7 Å². The number of fused-ring (bicyclic) bond motifs is 1. The van der Waals surface area contributed by atoms with Crippen LogP contribution < -0.4 is 31.3 Å². The van der Waals surface area contributed by atoms with Gasteiger partial charge in [0.2, 0.25) is 23.6 Å². The summed E-state index contributed by atoms with van der Waals surface area (Å²) in [6, 6.07) is 14.7. The van der Waals surface area contributed by atoms with Crippen LogP contribution in [0.3, 0.4) is 0 Å². The lowest BCUT2D eigenvalue weighted by atomic mass is 9.69. The molecule has 4 aromatic rings. The van der Waals surface area contributed by atoms with Crippen LogP contribution in [0.5, 0.6) is 5.75 Å². The number of ether oxygens (including phenoxy) is 3. The highest BCUT2D eigenvalue weighted by Gasteiger charge is 2.43. The number of rotatable bonds is 21. The van der Waals surface area contributed by atoms with E-state index in [1.807, 2.05) is 23.6 Å². The van der Waals surface area contributed by atoms with Crippen molar-refractivity contribution in [1.82, 2.24) is 30.8 Å². The highest BCUT2D eigenvalue weighted by atomic mass is 35.5. The van der Waals surface area contributed by atoms with Gasteiger partial charge in [-0.05, 0) is 80.1 Å². The number of piperidine rings is 1. The zero-order chi connectivity index (χ0) is 44.2. The number of aromatic nitrogens is 2. The standard InChI is InChI=1S/C44H50ClFN8O8S/c45-33-4-2-5-35(39(33)46)62-31-11-14-44(15-12-31,26-30-3-1-6-36(50-30)52-43-49-19-24-63-43)42(59)48-18-21-61-23-22-60-20-17-47-16-13-38(56)51-29-7-8-32-28(25-29)27-54(41(32)58)34-9-10-37(55)53-40(34)57/h1-8,19,24-25,31,34,47H,9-18,20-23,26-27H2,(H,48,59)(H,51,56)(H,49,50,52)(H,53,55,57). The van der Waals surface area contributed by atoms with E-state index in [0.29, 0.717) is 101 Å². The smallest absolute Gasteiger partial charge is 0.255 e. The second-order valence-electron chi connectivity index (χ2n) is 15.6. The van der Waals surface area contributed by atoms with Gasteiger partial charge in [-0.2, -0.15) is 0 Å². The Morgan fingerprint density at radius 1 is 0.968 bits per heavy atom. The van der Waals surface area contributed by atoms with Gasteiger partial charge in [0.1, 0.15) is 11.9 Å². The molecule has 16 nitrogen and oxygen atoms in total. The van der Waals surface area contributed by atoms with Crippen LogP contribution in [0.25, 0.3) is 0 Å². The molecule has 1 saturated heterocycles. The number of benzene rings is 2. The molecular weight excluding hydrogens is 855 g/mol. The Labute approximate surface area is 373 Å². The molecule has 4 heterocycles. The molecular formula is C44H50ClFN8O8S. The molecule has 2 fully saturated rings. The number of hydrogen-bond acceptors (Lipinski definition) is 13. The monoisotopic (exact) mass is 904 g/mol. The summed E-state index contributed by atoms with van der Waals surface area (Å²) in [7, 11) is 0. The van der Waals surface area contributed by atoms with Gasteiger partial charge >= 0.3 is 0 Å². The summed E-state index contributed by atoms with van der Waals surface area (Å²) in [4.78, 5) is 73.8. The van der Waals surface area contributed by atoms with E-state index in [4.69, 9.17) is 30.8 Å². The number of carbonyl (C=O) groups excluding carboxylic acids is 5. The fourth-order valence-corrected chi connectivity index (χ4v) is 8.68. The van der Waals surface area contributed by atoms with E-state index in [1.165, 1.54) is 22.3 Å². The van der Waals surface area contributed by atoms with Gasteiger partial charge in [-0.15, -0.1) is 11.3 Å². The maximum Gasteiger partial charge on any atom is 0.255 e. The van der Waals surface area contributed by atoms with Crippen molar-refractivity contribution in [3.05, 3.63) is 93.8 Å². The van der Waals surface area contributed by atoms with Gasteiger partial charge in [0.05, 0.1) is 43.0 Å². The number of carbonyl (C=O) groups is 5. The lowest BCUT2D eigenvalue weighted by Gasteiger charge is -2.39. The molecule has 3 aliphatic rings. The molecule has 1 saturated carbocycles. The first-order valence-electron chi connectivity index (χ1n) is 21.0. The summed E-state index contributed by atoms with van der Waals surface area (Å²) in [5.41, 5.74) is 1.74. The van der Waals surface area contributed by atoms with Crippen molar-refractivity contribution in [2.24, 2.45) is 5.41 Å². The first kappa shape index (κ1) is 45.5. The average molecular weight is 905 g/mol. The predicted molar refractivity (Wildman–Crippen MR) is 233 cm³/mol. The first-order chi connectivity index (χ1) is 30.6. The summed E-state index contributed by atoms with van der Waals surface area (Å²) in [5.74, 6) is -1.23. The van der Waals surface area contributed by atoms with Crippen molar-refractivity contribution in [1.29, 1.82) is 0 Å². The van der Waals surface area contributed by atoms with Crippen molar-refractivity contribution >= 4 is 69.1 Å². The number of halogens is 2. The molecule has 334 valence electrons. The van der Waals surface area contributed by atoms with E-state index in [9.17, 15) is 28.4 Å². The topological polar surface area (TPSA) is 202 Å². The van der Waals surface area contributed by atoms with Crippen LogP contribution in [-0.2, 0) is 41.6 Å². The van der Waals surface area contributed by atoms with Crippen LogP contribution in [-0.4, -0.2) is 103 Å². The zero-order valence-electron chi connectivity index (χ0n) is 34.6. The molecule has 0 spiro atoms. The normalized spacial score (nSPS) is 19.7. The summed E-state index contributed by atoms with van der Waals surface area (Å²) in [5, 5.41) is 17.2. The molecule has 1 unspecified atom stereocenters. The maximum atomic E-state index is 14.6. The van der Waals surface area contributed by atoms with Crippen LogP contribution >= 0.6 is 22.9 Å². The molecule has 19 heteroatoms. The third-order valence-corrected chi connectivity index (χ3v) is 12.2. The number of imide groups is 1. The van der Waals surface area contributed by atoms with Crippen LogP contribution in [0, 0.1) is 11.2 Å². The molecule has 2 aromatic carbocycles. The Kier molecular flexibility index (Phi) is 15.7. The number of anilines is 3. The second-order valence-corrected chi connectivity index (χ2v) is 16.9. The Morgan fingerprint density at radius 2 is 1.76 bits per heavy atom. The molecule has 2 aliphatic heterocycles. The zero-order valence-corrected chi connectivity index (χ0v) is 36.2. The lowest BCUT2D eigenvalue weighted by Crippen LogP contribution is -2.52. The first-order valence-corrected chi connectivity index (χ1v) is 22.3. The number of amides is 5. The molecule has 1 aliphatic carbocycles.